The molecule has 0 saturated carbocycles. The molecule has 0 fully saturated rings. The van der Waals surface area contributed by atoms with E-state index in [-0.39, 0.29) is 0 Å². The van der Waals surface area contributed by atoms with Gasteiger partial charge in [0.2, 0.25) is 0 Å². The number of esters is 4. The van der Waals surface area contributed by atoms with E-state index in [1.165, 1.54) is 149 Å². The van der Waals surface area contributed by atoms with Gasteiger partial charge in [-0.2, -0.15) is 0 Å². The molecule has 0 unspecified atom stereocenters. The van der Waals surface area contributed by atoms with Crippen LogP contribution in [0.25, 0.3) is 64.6 Å². The standard InChI is InChI=1S/C50H68O4.C50H66O4/c2*1-11-19-23-35-41-27-39-33(17-7)31(15-5)32(16-6)34(18-8)40(39)28-42(41)36(24-20-12-2)44-30-46-38(26-22-14-4)48(50(52)54-10)47(49(51)53-9)37(25-21-13-3)45(46)29-43(35)44/h27-28H,11-26,29-30H2,1-10H3;27-30H,11-26H2,1-10H3. The summed E-state index contributed by atoms with van der Waals surface area (Å²) in [5, 5.41) is 16.2. The summed E-state index contributed by atoms with van der Waals surface area (Å²) in [6.07, 6.45) is 33.4. The van der Waals surface area contributed by atoms with Crippen LogP contribution in [0.5, 0.6) is 0 Å². The third-order valence-corrected chi connectivity index (χ3v) is 24.8. The van der Waals surface area contributed by atoms with Gasteiger partial charge in [-0.3, -0.25) is 0 Å². The number of fused-ring (bicyclic) bond motifs is 8. The first-order valence-electron chi connectivity index (χ1n) is 43.1. The molecule has 10 rings (SSSR count). The minimum absolute atomic E-state index is 0.391. The molecule has 108 heavy (non-hydrogen) atoms. The van der Waals surface area contributed by atoms with Gasteiger partial charge in [-0.1, -0.05) is 162 Å². The smallest absolute Gasteiger partial charge is 0.339 e. The van der Waals surface area contributed by atoms with Crippen molar-refractivity contribution in [2.45, 2.75) is 329 Å². The van der Waals surface area contributed by atoms with E-state index in [9.17, 15) is 19.2 Å². The summed E-state index contributed by atoms with van der Waals surface area (Å²) in [6.45, 7) is 36.6. The molecule has 0 spiro atoms. The molecule has 582 valence electrons. The fourth-order valence-corrected chi connectivity index (χ4v) is 19.5. The van der Waals surface area contributed by atoms with Gasteiger partial charge >= 0.3 is 23.9 Å². The monoisotopic (exact) mass is 1460 g/mol. The number of hydrogen-bond donors (Lipinski definition) is 0. The van der Waals surface area contributed by atoms with Gasteiger partial charge in [0.05, 0.1) is 50.7 Å². The quantitative estimate of drug-likeness (QED) is 0.0217. The molecular weight excluding hydrogens is 1330 g/mol. The van der Waals surface area contributed by atoms with Gasteiger partial charge in [0.1, 0.15) is 0 Å². The van der Waals surface area contributed by atoms with Crippen LogP contribution in [0.15, 0.2) is 36.4 Å². The molecule has 0 N–H and O–H groups in total. The van der Waals surface area contributed by atoms with Gasteiger partial charge in [0, 0.05) is 0 Å². The van der Waals surface area contributed by atoms with E-state index in [2.05, 4.69) is 147 Å². The van der Waals surface area contributed by atoms with Crippen molar-refractivity contribution in [3.05, 3.63) is 170 Å². The molecule has 0 radical (unpaired) electrons. The predicted octanol–water partition coefficient (Wildman–Crippen LogP) is 26.2. The molecule has 1 aliphatic carbocycles. The van der Waals surface area contributed by atoms with Gasteiger partial charge < -0.3 is 18.9 Å². The van der Waals surface area contributed by atoms with Crippen molar-refractivity contribution in [2.24, 2.45) is 0 Å². The molecular formula is C100H134O8. The van der Waals surface area contributed by atoms with Gasteiger partial charge in [0.15, 0.2) is 0 Å². The van der Waals surface area contributed by atoms with Crippen LogP contribution in [0.4, 0.5) is 0 Å². The zero-order valence-electron chi connectivity index (χ0n) is 70.8. The van der Waals surface area contributed by atoms with Gasteiger partial charge in [-0.05, 0) is 379 Å². The maximum atomic E-state index is 13.9. The van der Waals surface area contributed by atoms with Crippen LogP contribution >= 0.6 is 0 Å². The molecule has 0 aliphatic heterocycles. The minimum Gasteiger partial charge on any atom is -0.465 e. The van der Waals surface area contributed by atoms with Crippen LogP contribution in [-0.2, 0) is 135 Å². The summed E-state index contributed by atoms with van der Waals surface area (Å²) >= 11 is 0. The number of carbonyl (C=O) groups is 4. The minimum atomic E-state index is -0.460. The van der Waals surface area contributed by atoms with Crippen molar-refractivity contribution in [2.75, 3.05) is 28.4 Å². The van der Waals surface area contributed by atoms with Crippen molar-refractivity contribution in [1.82, 2.24) is 0 Å². The lowest BCUT2D eigenvalue weighted by molar-refractivity contribution is 0.0552. The number of ether oxygens (including phenoxy) is 4. The Balaban J connectivity index is 0.000000249. The second-order valence-corrected chi connectivity index (χ2v) is 30.9. The molecule has 8 nitrogen and oxygen atoms in total. The van der Waals surface area contributed by atoms with E-state index in [4.69, 9.17) is 18.9 Å². The second-order valence-electron chi connectivity index (χ2n) is 30.9. The van der Waals surface area contributed by atoms with E-state index < -0.39 is 23.9 Å². The van der Waals surface area contributed by atoms with Crippen LogP contribution in [-0.4, -0.2) is 52.3 Å². The molecule has 0 heterocycles. The maximum Gasteiger partial charge on any atom is 0.339 e. The molecule has 8 heteroatoms. The average Bonchev–Trinajstić information content (AvgIpc) is 0.712. The van der Waals surface area contributed by atoms with Crippen LogP contribution < -0.4 is 0 Å². The highest BCUT2D eigenvalue weighted by atomic mass is 16.5. The Hall–Kier alpha value is -7.58. The summed E-state index contributed by atoms with van der Waals surface area (Å²) in [7, 11) is 5.72. The first-order valence-corrected chi connectivity index (χ1v) is 43.1. The van der Waals surface area contributed by atoms with Crippen molar-refractivity contribution in [3.63, 3.8) is 0 Å². The van der Waals surface area contributed by atoms with Crippen molar-refractivity contribution < 1.29 is 38.1 Å². The van der Waals surface area contributed by atoms with Crippen molar-refractivity contribution in [1.29, 1.82) is 0 Å². The van der Waals surface area contributed by atoms with Crippen molar-refractivity contribution >= 4 is 88.5 Å². The SMILES string of the molecule is CCCCc1c(C(=O)OC)c(C(=O)OC)c(CCCC)c2cc3c(CCCC)c4cc5c(CC)c(CC)c(CC)c(CC)c5cc4c(CCCC)c3cc12.CCCCc1c2c(c(CCCC)c(C(=O)OC)c1C(=O)OC)Cc1c(c(CCCC)c3cc4c(CC)c(CC)c(CC)c(CC)c4cc3c1CCCC)C2. The van der Waals surface area contributed by atoms with Crippen LogP contribution in [0, 0.1) is 0 Å². The van der Waals surface area contributed by atoms with E-state index >= 15 is 0 Å². The Morgan fingerprint density at radius 2 is 0.370 bits per heavy atom. The zero-order valence-corrected chi connectivity index (χ0v) is 70.8. The number of rotatable bonds is 36. The topological polar surface area (TPSA) is 105 Å². The fraction of sp³-hybridized carbons (Fsp3) is 0.540. The highest BCUT2D eigenvalue weighted by Gasteiger charge is 2.37. The lowest BCUT2D eigenvalue weighted by Crippen LogP contribution is -2.25. The Bertz CT molecular complexity index is 4490. The molecule has 0 aromatic heterocycles. The molecule has 0 amide bonds. The molecule has 0 saturated heterocycles. The third kappa shape index (κ3) is 16.2. The first kappa shape index (κ1) is 84.4. The van der Waals surface area contributed by atoms with Crippen LogP contribution in [0.2, 0.25) is 0 Å². The van der Waals surface area contributed by atoms with E-state index in [1.54, 1.807) is 22.3 Å². The van der Waals surface area contributed by atoms with Crippen molar-refractivity contribution in [3.8, 4) is 0 Å². The average molecular weight is 1460 g/mol. The lowest BCUT2D eigenvalue weighted by atomic mass is 9.71. The molecule has 0 atom stereocenters. The highest BCUT2D eigenvalue weighted by molar-refractivity contribution is 6.18. The Morgan fingerprint density at radius 3 is 0.574 bits per heavy atom. The lowest BCUT2D eigenvalue weighted by Gasteiger charge is -2.33. The first-order chi connectivity index (χ1) is 52.5. The van der Waals surface area contributed by atoms with Gasteiger partial charge in [-0.15, -0.1) is 0 Å². The Morgan fingerprint density at radius 1 is 0.213 bits per heavy atom. The number of hydrogen-bond acceptors (Lipinski definition) is 8. The Kier molecular flexibility index (Phi) is 30.8. The summed E-state index contributed by atoms with van der Waals surface area (Å²) < 4.78 is 21.9. The fourth-order valence-electron chi connectivity index (χ4n) is 19.5. The normalized spacial score (nSPS) is 12.0. The third-order valence-electron chi connectivity index (χ3n) is 24.8. The number of benzene rings is 9. The molecule has 9 aromatic carbocycles. The summed E-state index contributed by atoms with van der Waals surface area (Å²) in [5.74, 6) is -1.77. The van der Waals surface area contributed by atoms with E-state index in [0.717, 1.165) is 238 Å². The number of carbonyl (C=O) groups excluding carboxylic acids is 4. The molecule has 0 bridgehead atoms. The second kappa shape index (κ2) is 39.4. The summed E-state index contributed by atoms with van der Waals surface area (Å²) in [5.41, 5.74) is 29.1. The van der Waals surface area contributed by atoms with E-state index in [0.29, 0.717) is 35.1 Å². The number of aryl methyl sites for hydroxylation is 10. The maximum absolute atomic E-state index is 13.9. The summed E-state index contributed by atoms with van der Waals surface area (Å²) in [6, 6.07) is 15.2. The van der Waals surface area contributed by atoms with Crippen LogP contribution in [0.1, 0.15) is 366 Å². The zero-order chi connectivity index (χ0) is 78.2. The largest absolute Gasteiger partial charge is 0.465 e. The predicted molar refractivity (Wildman–Crippen MR) is 459 cm³/mol. The van der Waals surface area contributed by atoms with Gasteiger partial charge in [0.25, 0.3) is 0 Å². The van der Waals surface area contributed by atoms with E-state index in [1.807, 2.05) is 0 Å². The molecule has 9 aromatic rings. The number of unbranched alkanes of at least 4 members (excludes halogenated alkanes) is 8. The van der Waals surface area contributed by atoms with Gasteiger partial charge in [-0.25, -0.2) is 19.2 Å². The van der Waals surface area contributed by atoms with Crippen LogP contribution in [0.3, 0.4) is 0 Å². The molecule has 1 aliphatic rings. The highest BCUT2D eigenvalue weighted by Crippen LogP contribution is 2.49. The Labute approximate surface area is 650 Å². The summed E-state index contributed by atoms with van der Waals surface area (Å²) in [4.78, 5) is 55.4. The number of methoxy groups -OCH3 is 4.